The quantitative estimate of drug-likeness (QED) is 0.641. The molecule has 4 nitrogen and oxygen atoms in total. The number of carbonyl (C=O) groups is 2. The Morgan fingerprint density at radius 3 is 2.22 bits per heavy atom. The minimum Gasteiger partial charge on any atom is -0.267 e. The SMILES string of the molecule is O=C1NN(c2ccc(Cl)cc2)C(=O)C1=Cc1ccc(Cl)cc1Cl. The molecule has 0 spiro atoms. The van der Waals surface area contributed by atoms with Gasteiger partial charge < -0.3 is 0 Å². The van der Waals surface area contributed by atoms with E-state index in [9.17, 15) is 9.59 Å². The Kier molecular flexibility index (Phi) is 4.31. The number of hydrogen-bond donors (Lipinski definition) is 1. The van der Waals surface area contributed by atoms with Gasteiger partial charge >= 0.3 is 0 Å². The highest BCUT2D eigenvalue weighted by molar-refractivity contribution is 6.36. The van der Waals surface area contributed by atoms with Gasteiger partial charge in [0.05, 0.1) is 5.69 Å². The largest absolute Gasteiger partial charge is 0.282 e. The molecule has 2 aromatic carbocycles. The lowest BCUT2D eigenvalue weighted by molar-refractivity contribution is -0.117. The number of halogens is 3. The van der Waals surface area contributed by atoms with Crippen molar-refractivity contribution in [3.05, 3.63) is 68.7 Å². The topological polar surface area (TPSA) is 49.4 Å². The van der Waals surface area contributed by atoms with Gasteiger partial charge in [0.1, 0.15) is 5.57 Å². The zero-order chi connectivity index (χ0) is 16.6. The highest BCUT2D eigenvalue weighted by Crippen LogP contribution is 2.26. The summed E-state index contributed by atoms with van der Waals surface area (Å²) in [6, 6.07) is 11.4. The molecule has 2 aromatic rings. The summed E-state index contributed by atoms with van der Waals surface area (Å²) in [5.74, 6) is -0.973. The van der Waals surface area contributed by atoms with Crippen LogP contribution in [-0.4, -0.2) is 11.8 Å². The Balaban J connectivity index is 1.95. The number of anilines is 1. The summed E-state index contributed by atoms with van der Waals surface area (Å²) in [5.41, 5.74) is 3.54. The predicted molar refractivity (Wildman–Crippen MR) is 91.5 cm³/mol. The van der Waals surface area contributed by atoms with Gasteiger partial charge in [0, 0.05) is 15.1 Å². The van der Waals surface area contributed by atoms with Crippen LogP contribution >= 0.6 is 34.8 Å². The summed E-state index contributed by atoms with van der Waals surface area (Å²) >= 11 is 17.7. The molecule has 0 bridgehead atoms. The van der Waals surface area contributed by atoms with Crippen LogP contribution in [0, 0.1) is 0 Å². The summed E-state index contributed by atoms with van der Waals surface area (Å²) in [6.07, 6.45) is 1.44. The standard InChI is InChI=1S/C16H9Cl3N2O2/c17-10-3-5-12(6-4-10)21-16(23)13(15(22)20-21)7-9-1-2-11(18)8-14(9)19/h1-8H,(H,20,22). The van der Waals surface area contributed by atoms with Crippen LogP contribution in [0.4, 0.5) is 5.69 Å². The fraction of sp³-hybridized carbons (Fsp3) is 0. The average molecular weight is 368 g/mol. The van der Waals surface area contributed by atoms with Crippen LogP contribution in [-0.2, 0) is 9.59 Å². The normalized spacial score (nSPS) is 16.1. The molecule has 1 N–H and O–H groups in total. The lowest BCUT2D eigenvalue weighted by atomic mass is 10.1. The van der Waals surface area contributed by atoms with E-state index in [-0.39, 0.29) is 5.57 Å². The molecule has 1 aliphatic heterocycles. The highest BCUT2D eigenvalue weighted by Gasteiger charge is 2.34. The molecule has 1 aliphatic rings. The van der Waals surface area contributed by atoms with Crippen LogP contribution in [0.15, 0.2) is 48.0 Å². The molecule has 23 heavy (non-hydrogen) atoms. The van der Waals surface area contributed by atoms with E-state index in [1.165, 1.54) is 6.08 Å². The Morgan fingerprint density at radius 2 is 1.57 bits per heavy atom. The molecule has 116 valence electrons. The summed E-state index contributed by atoms with van der Waals surface area (Å²) in [7, 11) is 0. The van der Waals surface area contributed by atoms with Gasteiger partial charge in [0.15, 0.2) is 0 Å². The van der Waals surface area contributed by atoms with Crippen LogP contribution in [0.25, 0.3) is 6.08 Å². The monoisotopic (exact) mass is 366 g/mol. The van der Waals surface area contributed by atoms with Gasteiger partial charge in [-0.05, 0) is 48.0 Å². The van der Waals surface area contributed by atoms with Crippen LogP contribution < -0.4 is 10.4 Å². The second-order valence-corrected chi connectivity index (χ2v) is 6.06. The number of benzene rings is 2. The molecular weight excluding hydrogens is 359 g/mol. The fourth-order valence-corrected chi connectivity index (χ4v) is 2.69. The van der Waals surface area contributed by atoms with Gasteiger partial charge in [0.25, 0.3) is 11.8 Å². The second kappa shape index (κ2) is 6.24. The van der Waals surface area contributed by atoms with Crippen molar-refractivity contribution >= 4 is 58.4 Å². The van der Waals surface area contributed by atoms with E-state index >= 15 is 0 Å². The number of rotatable bonds is 2. The van der Waals surface area contributed by atoms with Crippen molar-refractivity contribution in [2.75, 3.05) is 5.01 Å². The Morgan fingerprint density at radius 1 is 0.913 bits per heavy atom. The predicted octanol–water partition coefficient (Wildman–Crippen LogP) is 4.11. The van der Waals surface area contributed by atoms with E-state index in [1.54, 1.807) is 42.5 Å². The molecule has 1 saturated heterocycles. The third-order valence-electron chi connectivity index (χ3n) is 3.24. The van der Waals surface area contributed by atoms with Crippen molar-refractivity contribution in [2.45, 2.75) is 0 Å². The van der Waals surface area contributed by atoms with E-state index in [4.69, 9.17) is 34.8 Å². The highest BCUT2D eigenvalue weighted by atomic mass is 35.5. The summed E-state index contributed by atoms with van der Waals surface area (Å²) in [6.45, 7) is 0. The van der Waals surface area contributed by atoms with Crippen molar-refractivity contribution in [1.29, 1.82) is 0 Å². The van der Waals surface area contributed by atoms with Crippen molar-refractivity contribution < 1.29 is 9.59 Å². The summed E-state index contributed by atoms with van der Waals surface area (Å²) < 4.78 is 0. The molecule has 1 heterocycles. The van der Waals surface area contributed by atoms with E-state index in [0.717, 1.165) is 5.01 Å². The third kappa shape index (κ3) is 3.20. The zero-order valence-corrected chi connectivity index (χ0v) is 13.8. The number of hydrazine groups is 1. The molecule has 0 radical (unpaired) electrons. The van der Waals surface area contributed by atoms with Gasteiger partial charge in [0.2, 0.25) is 0 Å². The summed E-state index contributed by atoms with van der Waals surface area (Å²) in [5, 5.41) is 2.53. The number of hydrogen-bond acceptors (Lipinski definition) is 2. The molecule has 0 aromatic heterocycles. The van der Waals surface area contributed by atoms with E-state index in [2.05, 4.69) is 5.43 Å². The van der Waals surface area contributed by atoms with Crippen molar-refractivity contribution in [3.63, 3.8) is 0 Å². The molecule has 7 heteroatoms. The van der Waals surface area contributed by atoms with Crippen molar-refractivity contribution in [3.8, 4) is 0 Å². The maximum absolute atomic E-state index is 12.5. The zero-order valence-electron chi connectivity index (χ0n) is 11.5. The Bertz CT molecular complexity index is 832. The van der Waals surface area contributed by atoms with Gasteiger partial charge in [-0.15, -0.1) is 0 Å². The van der Waals surface area contributed by atoms with Gasteiger partial charge in [-0.2, -0.15) is 0 Å². The first-order valence-electron chi connectivity index (χ1n) is 6.53. The molecule has 0 saturated carbocycles. The minimum atomic E-state index is -0.504. The van der Waals surface area contributed by atoms with Crippen LogP contribution in [0.3, 0.4) is 0 Å². The minimum absolute atomic E-state index is 0.0100. The van der Waals surface area contributed by atoms with Crippen molar-refractivity contribution in [1.82, 2.24) is 5.43 Å². The third-order valence-corrected chi connectivity index (χ3v) is 4.05. The summed E-state index contributed by atoms with van der Waals surface area (Å²) in [4.78, 5) is 24.5. The maximum Gasteiger partial charge on any atom is 0.282 e. The molecule has 3 rings (SSSR count). The van der Waals surface area contributed by atoms with Crippen molar-refractivity contribution in [2.24, 2.45) is 0 Å². The molecule has 2 amide bonds. The Labute approximate surface area is 147 Å². The van der Waals surface area contributed by atoms with Gasteiger partial charge in [-0.3, -0.25) is 15.0 Å². The van der Waals surface area contributed by atoms with Gasteiger partial charge in [-0.25, -0.2) is 5.01 Å². The number of nitrogens with zero attached hydrogens (tertiary/aromatic N) is 1. The molecule has 0 atom stereocenters. The fourth-order valence-electron chi connectivity index (χ4n) is 2.10. The van der Waals surface area contributed by atoms with Gasteiger partial charge in [-0.1, -0.05) is 40.9 Å². The average Bonchev–Trinajstić information content (AvgIpc) is 2.78. The molecule has 0 unspecified atom stereocenters. The van der Waals surface area contributed by atoms with Crippen LogP contribution in [0.5, 0.6) is 0 Å². The Hall–Kier alpha value is -2.01. The number of nitrogens with one attached hydrogen (secondary N) is 1. The first kappa shape index (κ1) is 15.9. The van der Waals surface area contributed by atoms with Crippen LogP contribution in [0.1, 0.15) is 5.56 Å². The molecule has 0 aliphatic carbocycles. The maximum atomic E-state index is 12.5. The van der Waals surface area contributed by atoms with Crippen LogP contribution in [0.2, 0.25) is 15.1 Å². The lowest BCUT2D eigenvalue weighted by Gasteiger charge is -2.14. The second-order valence-electron chi connectivity index (χ2n) is 4.78. The molecular formula is C16H9Cl3N2O2. The van der Waals surface area contributed by atoms with E-state index in [0.29, 0.717) is 26.3 Å². The first-order valence-corrected chi connectivity index (χ1v) is 7.67. The number of amides is 2. The smallest absolute Gasteiger partial charge is 0.267 e. The lowest BCUT2D eigenvalue weighted by Crippen LogP contribution is -2.35. The number of carbonyl (C=O) groups excluding carboxylic acids is 2. The van der Waals surface area contributed by atoms with E-state index < -0.39 is 11.8 Å². The first-order chi connectivity index (χ1) is 11.0. The van der Waals surface area contributed by atoms with E-state index in [1.807, 2.05) is 0 Å². The molecule has 1 fully saturated rings.